The largest absolute Gasteiger partial charge is 0.466 e. The van der Waals surface area contributed by atoms with Crippen molar-refractivity contribution in [2.75, 3.05) is 26.2 Å². The lowest BCUT2D eigenvalue weighted by Crippen LogP contribution is -2.38. The van der Waals surface area contributed by atoms with Crippen LogP contribution in [0.3, 0.4) is 0 Å². The fourth-order valence-electron chi connectivity index (χ4n) is 3.85. The van der Waals surface area contributed by atoms with Crippen LogP contribution in [0.25, 0.3) is 0 Å². The van der Waals surface area contributed by atoms with Gasteiger partial charge in [0.05, 0.1) is 19.1 Å². The number of carbonyl (C=O) groups is 1. The molecule has 1 atom stereocenters. The van der Waals surface area contributed by atoms with Crippen molar-refractivity contribution in [3.63, 3.8) is 0 Å². The third kappa shape index (κ3) is 6.41. The SMILES string of the molecule is CCOC(=O)CCN1CCC(OC(c2ccccc2)c2ccc(CC)cc2)CC1. The Balaban J connectivity index is 1.60. The van der Waals surface area contributed by atoms with Crippen molar-refractivity contribution in [1.29, 1.82) is 0 Å². The maximum atomic E-state index is 11.6. The minimum atomic E-state index is -0.106. The number of hydrogen-bond donors (Lipinski definition) is 0. The molecule has 4 heteroatoms. The van der Waals surface area contributed by atoms with E-state index in [0.717, 1.165) is 38.9 Å². The molecule has 0 amide bonds. The summed E-state index contributed by atoms with van der Waals surface area (Å²) in [6.07, 6.45) is 3.67. The standard InChI is InChI=1S/C25H33NO3/c1-3-20-10-12-22(13-11-20)25(21-8-6-5-7-9-21)29-23-14-17-26(18-15-23)19-16-24(27)28-4-2/h5-13,23,25H,3-4,14-19H2,1-2H3. The van der Waals surface area contributed by atoms with Crippen molar-refractivity contribution in [1.82, 2.24) is 4.90 Å². The molecule has 156 valence electrons. The molecule has 1 fully saturated rings. The van der Waals surface area contributed by atoms with Gasteiger partial charge in [0.25, 0.3) is 0 Å². The highest BCUT2D eigenvalue weighted by atomic mass is 16.5. The van der Waals surface area contributed by atoms with E-state index in [1.54, 1.807) is 0 Å². The van der Waals surface area contributed by atoms with Crippen LogP contribution in [0.5, 0.6) is 0 Å². The highest BCUT2D eigenvalue weighted by Gasteiger charge is 2.25. The number of piperidine rings is 1. The molecule has 4 nitrogen and oxygen atoms in total. The minimum absolute atomic E-state index is 0.0433. The van der Waals surface area contributed by atoms with Gasteiger partial charge in [-0.05, 0) is 42.9 Å². The molecule has 0 saturated carbocycles. The molecule has 1 aliphatic heterocycles. The molecule has 0 aromatic heterocycles. The molecule has 1 heterocycles. The van der Waals surface area contributed by atoms with Gasteiger partial charge in [0.2, 0.25) is 0 Å². The van der Waals surface area contributed by atoms with E-state index in [0.29, 0.717) is 13.0 Å². The van der Waals surface area contributed by atoms with Gasteiger partial charge in [0.15, 0.2) is 0 Å². The number of benzene rings is 2. The zero-order chi connectivity index (χ0) is 20.5. The predicted octanol–water partition coefficient (Wildman–Crippen LogP) is 4.77. The van der Waals surface area contributed by atoms with E-state index in [-0.39, 0.29) is 18.2 Å². The van der Waals surface area contributed by atoms with Crippen LogP contribution in [0.1, 0.15) is 55.9 Å². The average molecular weight is 396 g/mol. The second-order valence-corrected chi connectivity index (χ2v) is 7.62. The molecule has 3 rings (SSSR count). The number of nitrogens with zero attached hydrogens (tertiary/aromatic N) is 1. The van der Waals surface area contributed by atoms with E-state index in [2.05, 4.69) is 60.4 Å². The van der Waals surface area contributed by atoms with Crippen LogP contribution in [0, 0.1) is 0 Å². The number of hydrogen-bond acceptors (Lipinski definition) is 4. The molecule has 0 aliphatic carbocycles. The molecular formula is C25H33NO3. The third-order valence-electron chi connectivity index (χ3n) is 5.59. The predicted molar refractivity (Wildman–Crippen MR) is 116 cm³/mol. The van der Waals surface area contributed by atoms with Crippen molar-refractivity contribution in [2.24, 2.45) is 0 Å². The minimum Gasteiger partial charge on any atom is -0.466 e. The van der Waals surface area contributed by atoms with Crippen molar-refractivity contribution in [3.05, 3.63) is 71.3 Å². The van der Waals surface area contributed by atoms with Gasteiger partial charge in [-0.2, -0.15) is 0 Å². The molecule has 0 N–H and O–H groups in total. The maximum Gasteiger partial charge on any atom is 0.307 e. The van der Waals surface area contributed by atoms with Gasteiger partial charge in [-0.3, -0.25) is 4.79 Å². The van der Waals surface area contributed by atoms with Crippen LogP contribution in [0.2, 0.25) is 0 Å². The second-order valence-electron chi connectivity index (χ2n) is 7.62. The molecule has 1 saturated heterocycles. The summed E-state index contributed by atoms with van der Waals surface area (Å²) in [6.45, 7) is 7.16. The van der Waals surface area contributed by atoms with Crippen molar-refractivity contribution < 1.29 is 14.3 Å². The molecule has 1 unspecified atom stereocenters. The summed E-state index contributed by atoms with van der Waals surface area (Å²) in [5.74, 6) is -0.106. The van der Waals surface area contributed by atoms with E-state index in [9.17, 15) is 4.79 Å². The summed E-state index contributed by atoms with van der Waals surface area (Å²) in [6, 6.07) is 19.3. The van der Waals surface area contributed by atoms with Crippen molar-refractivity contribution in [3.8, 4) is 0 Å². The number of esters is 1. The number of rotatable bonds is 9. The quantitative estimate of drug-likeness (QED) is 0.573. The third-order valence-corrected chi connectivity index (χ3v) is 5.59. The Morgan fingerprint density at radius 3 is 2.28 bits per heavy atom. The Labute approximate surface area is 174 Å². The summed E-state index contributed by atoms with van der Waals surface area (Å²) in [4.78, 5) is 13.9. The Bertz CT molecular complexity index is 736. The zero-order valence-electron chi connectivity index (χ0n) is 17.7. The first-order chi connectivity index (χ1) is 14.2. The molecule has 0 bridgehead atoms. The Kier molecular flexibility index (Phi) is 8.26. The first-order valence-electron chi connectivity index (χ1n) is 10.9. The Hall–Kier alpha value is -2.17. The molecule has 2 aromatic carbocycles. The summed E-state index contributed by atoms with van der Waals surface area (Å²) >= 11 is 0. The van der Waals surface area contributed by atoms with Crippen LogP contribution >= 0.6 is 0 Å². The van der Waals surface area contributed by atoms with Gasteiger partial charge in [-0.1, -0.05) is 61.5 Å². The van der Waals surface area contributed by atoms with E-state index >= 15 is 0 Å². The molecule has 2 aromatic rings. The van der Waals surface area contributed by atoms with Gasteiger partial charge >= 0.3 is 5.97 Å². The van der Waals surface area contributed by atoms with Gasteiger partial charge in [0, 0.05) is 19.6 Å². The maximum absolute atomic E-state index is 11.6. The summed E-state index contributed by atoms with van der Waals surface area (Å²) < 4.78 is 11.7. The van der Waals surface area contributed by atoms with Crippen LogP contribution in [-0.2, 0) is 20.7 Å². The normalized spacial score (nSPS) is 16.5. The van der Waals surface area contributed by atoms with Crippen molar-refractivity contribution in [2.45, 2.75) is 51.7 Å². The fraction of sp³-hybridized carbons (Fsp3) is 0.480. The Morgan fingerprint density at radius 1 is 1.00 bits per heavy atom. The topological polar surface area (TPSA) is 38.8 Å². The first-order valence-corrected chi connectivity index (χ1v) is 10.9. The van der Waals surface area contributed by atoms with Gasteiger partial charge < -0.3 is 14.4 Å². The lowest BCUT2D eigenvalue weighted by atomic mass is 9.98. The lowest BCUT2D eigenvalue weighted by Gasteiger charge is -2.34. The molecule has 1 aliphatic rings. The number of likely N-dealkylation sites (tertiary alicyclic amines) is 1. The van der Waals surface area contributed by atoms with E-state index in [1.807, 2.05) is 13.0 Å². The summed E-state index contributed by atoms with van der Waals surface area (Å²) in [5.41, 5.74) is 3.75. The molecule has 0 radical (unpaired) electrons. The average Bonchev–Trinajstić information content (AvgIpc) is 2.78. The van der Waals surface area contributed by atoms with Gasteiger partial charge in [-0.25, -0.2) is 0 Å². The number of carbonyl (C=O) groups excluding carboxylic acids is 1. The van der Waals surface area contributed by atoms with E-state index in [4.69, 9.17) is 9.47 Å². The highest BCUT2D eigenvalue weighted by Crippen LogP contribution is 2.30. The number of ether oxygens (including phenoxy) is 2. The van der Waals surface area contributed by atoms with Crippen molar-refractivity contribution >= 4 is 5.97 Å². The highest BCUT2D eigenvalue weighted by molar-refractivity contribution is 5.69. The zero-order valence-corrected chi connectivity index (χ0v) is 17.7. The number of aryl methyl sites for hydroxylation is 1. The monoisotopic (exact) mass is 395 g/mol. The lowest BCUT2D eigenvalue weighted by molar-refractivity contribution is -0.143. The first kappa shape index (κ1) is 21.5. The smallest absolute Gasteiger partial charge is 0.307 e. The summed E-state index contributed by atoms with van der Waals surface area (Å²) in [7, 11) is 0. The van der Waals surface area contributed by atoms with E-state index in [1.165, 1.54) is 16.7 Å². The molecule has 29 heavy (non-hydrogen) atoms. The van der Waals surface area contributed by atoms with Crippen LogP contribution in [0.4, 0.5) is 0 Å². The van der Waals surface area contributed by atoms with Gasteiger partial charge in [0.1, 0.15) is 6.10 Å². The van der Waals surface area contributed by atoms with Crippen LogP contribution < -0.4 is 0 Å². The van der Waals surface area contributed by atoms with E-state index < -0.39 is 0 Å². The molecular weight excluding hydrogens is 362 g/mol. The summed E-state index contributed by atoms with van der Waals surface area (Å²) in [5, 5.41) is 0. The fourth-order valence-corrected chi connectivity index (χ4v) is 3.85. The Morgan fingerprint density at radius 2 is 1.66 bits per heavy atom. The van der Waals surface area contributed by atoms with Crippen LogP contribution in [0.15, 0.2) is 54.6 Å². The van der Waals surface area contributed by atoms with Crippen LogP contribution in [-0.4, -0.2) is 43.2 Å². The molecule has 0 spiro atoms. The second kappa shape index (κ2) is 11.1. The van der Waals surface area contributed by atoms with Gasteiger partial charge in [-0.15, -0.1) is 0 Å².